The van der Waals surface area contributed by atoms with Crippen molar-refractivity contribution in [2.75, 3.05) is 6.54 Å². The van der Waals surface area contributed by atoms with Gasteiger partial charge in [-0.1, -0.05) is 18.2 Å². The van der Waals surface area contributed by atoms with Crippen LogP contribution in [0.25, 0.3) is 0 Å². The Morgan fingerprint density at radius 3 is 2.42 bits per heavy atom. The van der Waals surface area contributed by atoms with E-state index < -0.39 is 22.7 Å². The highest BCUT2D eigenvalue weighted by atomic mass is 32.2. The van der Waals surface area contributed by atoms with Gasteiger partial charge in [0.05, 0.1) is 5.25 Å². The van der Waals surface area contributed by atoms with E-state index in [1.807, 2.05) is 30.3 Å². The number of nitrogens with one attached hydrogen (secondary N) is 3. The third-order valence-corrected chi connectivity index (χ3v) is 4.87. The van der Waals surface area contributed by atoms with Crippen molar-refractivity contribution in [1.29, 1.82) is 0 Å². The molecule has 0 unspecified atom stereocenters. The van der Waals surface area contributed by atoms with E-state index in [0.717, 1.165) is 9.80 Å². The number of hydrazine groups is 1. The Bertz CT molecular complexity index is 708. The van der Waals surface area contributed by atoms with Crippen LogP contribution in [0, 0.1) is 0 Å². The molecule has 0 saturated carbocycles. The molecule has 1 aromatic carbocycles. The highest BCUT2D eigenvalue weighted by Crippen LogP contribution is 2.22. The molecule has 0 spiro atoms. The minimum Gasteiger partial charge on any atom is -0.324 e. The summed E-state index contributed by atoms with van der Waals surface area (Å²) in [5.74, 6) is -1.21. The normalized spacial score (nSPS) is 16.8. The van der Waals surface area contributed by atoms with Crippen molar-refractivity contribution in [3.05, 3.63) is 30.3 Å². The van der Waals surface area contributed by atoms with Crippen LogP contribution in [0.15, 0.2) is 35.2 Å². The number of hydrogen-bond acceptors (Lipinski definition) is 5. The van der Waals surface area contributed by atoms with Gasteiger partial charge < -0.3 is 5.32 Å². The van der Waals surface area contributed by atoms with Gasteiger partial charge in [-0.05, 0) is 32.9 Å². The zero-order valence-corrected chi connectivity index (χ0v) is 15.7. The molecule has 1 aromatic rings. The van der Waals surface area contributed by atoms with E-state index in [9.17, 15) is 19.2 Å². The quantitative estimate of drug-likeness (QED) is 0.389. The molecule has 1 saturated heterocycles. The number of benzene rings is 1. The van der Waals surface area contributed by atoms with E-state index >= 15 is 0 Å². The zero-order valence-electron chi connectivity index (χ0n) is 14.9. The standard InChI is InChI=1S/C17H22N4O4S/c1-11(26-12-7-5-4-6-8-12)14(23)20-19-13(22)9-10-21-15(24)17(2,3)18-16(21)25/h4-8,11H,9-10H2,1-3H3,(H,18,25)(H,19,22)(H,20,23)/t11-/m0/s1. The predicted molar refractivity (Wildman–Crippen MR) is 97.0 cm³/mol. The molecule has 26 heavy (non-hydrogen) atoms. The minimum absolute atomic E-state index is 0.0515. The maximum absolute atomic E-state index is 12.0. The molecule has 3 N–H and O–H groups in total. The van der Waals surface area contributed by atoms with Crippen LogP contribution in [0.1, 0.15) is 27.2 Å². The summed E-state index contributed by atoms with van der Waals surface area (Å²) in [6.45, 7) is 4.87. The second kappa shape index (κ2) is 8.22. The Hall–Kier alpha value is -2.55. The molecule has 1 fully saturated rings. The van der Waals surface area contributed by atoms with Crippen molar-refractivity contribution in [3.63, 3.8) is 0 Å². The molecule has 0 bridgehead atoms. The monoisotopic (exact) mass is 378 g/mol. The number of imide groups is 1. The number of thioether (sulfide) groups is 1. The summed E-state index contributed by atoms with van der Waals surface area (Å²) in [4.78, 5) is 49.6. The molecule has 0 aliphatic carbocycles. The van der Waals surface area contributed by atoms with Gasteiger partial charge in [0.2, 0.25) is 5.91 Å². The average molecular weight is 378 g/mol. The fourth-order valence-corrected chi connectivity index (χ4v) is 3.17. The van der Waals surface area contributed by atoms with Gasteiger partial charge in [-0.3, -0.25) is 30.1 Å². The summed E-state index contributed by atoms with van der Waals surface area (Å²) in [7, 11) is 0. The second-order valence-electron chi connectivity index (χ2n) is 6.37. The molecular weight excluding hydrogens is 356 g/mol. The summed E-state index contributed by atoms with van der Waals surface area (Å²) in [5.41, 5.74) is 3.69. The van der Waals surface area contributed by atoms with Crippen LogP contribution >= 0.6 is 11.8 Å². The minimum atomic E-state index is -0.966. The van der Waals surface area contributed by atoms with Crippen LogP contribution in [0.4, 0.5) is 4.79 Å². The average Bonchev–Trinajstić information content (AvgIpc) is 2.79. The highest BCUT2D eigenvalue weighted by molar-refractivity contribution is 8.00. The fourth-order valence-electron chi connectivity index (χ4n) is 2.29. The number of urea groups is 1. The van der Waals surface area contributed by atoms with E-state index in [-0.39, 0.29) is 24.8 Å². The molecule has 8 nitrogen and oxygen atoms in total. The van der Waals surface area contributed by atoms with E-state index in [2.05, 4.69) is 16.2 Å². The van der Waals surface area contributed by atoms with Gasteiger partial charge in [-0.25, -0.2) is 4.79 Å². The summed E-state index contributed by atoms with van der Waals surface area (Å²) in [6, 6.07) is 8.92. The maximum Gasteiger partial charge on any atom is 0.325 e. The predicted octanol–water partition coefficient (Wildman–Crippen LogP) is 1.04. The molecule has 1 aliphatic heterocycles. The summed E-state index contributed by atoms with van der Waals surface area (Å²) >= 11 is 1.37. The van der Waals surface area contributed by atoms with Crippen molar-refractivity contribution in [1.82, 2.24) is 21.1 Å². The summed E-state index contributed by atoms with van der Waals surface area (Å²) < 4.78 is 0. The van der Waals surface area contributed by atoms with Gasteiger partial charge in [0, 0.05) is 17.9 Å². The Morgan fingerprint density at radius 2 is 1.85 bits per heavy atom. The van der Waals surface area contributed by atoms with Crippen LogP contribution in [-0.2, 0) is 14.4 Å². The number of nitrogens with zero attached hydrogens (tertiary/aromatic N) is 1. The Balaban J connectivity index is 1.74. The van der Waals surface area contributed by atoms with E-state index in [1.54, 1.807) is 20.8 Å². The first kappa shape index (κ1) is 19.8. The molecule has 1 atom stereocenters. The molecule has 5 amide bonds. The first-order valence-corrected chi connectivity index (χ1v) is 9.03. The lowest BCUT2D eigenvalue weighted by Gasteiger charge is -2.16. The van der Waals surface area contributed by atoms with Crippen LogP contribution in [0.5, 0.6) is 0 Å². The van der Waals surface area contributed by atoms with Crippen LogP contribution < -0.4 is 16.2 Å². The lowest BCUT2D eigenvalue weighted by atomic mass is 10.1. The lowest BCUT2D eigenvalue weighted by molar-refractivity contribution is -0.131. The number of amides is 5. The SMILES string of the molecule is C[C@H](Sc1ccccc1)C(=O)NNC(=O)CCN1C(=O)NC(C)(C)C1=O. The van der Waals surface area contributed by atoms with Gasteiger partial charge in [-0.15, -0.1) is 11.8 Å². The highest BCUT2D eigenvalue weighted by Gasteiger charge is 2.43. The Labute approximate surface area is 156 Å². The van der Waals surface area contributed by atoms with Crippen molar-refractivity contribution in [2.24, 2.45) is 0 Å². The largest absolute Gasteiger partial charge is 0.325 e. The molecule has 9 heteroatoms. The van der Waals surface area contributed by atoms with Crippen LogP contribution in [0.3, 0.4) is 0 Å². The second-order valence-corrected chi connectivity index (χ2v) is 7.79. The van der Waals surface area contributed by atoms with E-state index in [4.69, 9.17) is 0 Å². The van der Waals surface area contributed by atoms with Gasteiger partial charge in [0.25, 0.3) is 11.8 Å². The number of rotatable bonds is 6. The molecular formula is C17H22N4O4S. The van der Waals surface area contributed by atoms with E-state index in [1.165, 1.54) is 11.8 Å². The number of hydrogen-bond donors (Lipinski definition) is 3. The molecule has 0 aromatic heterocycles. The van der Waals surface area contributed by atoms with Gasteiger partial charge in [0.15, 0.2) is 0 Å². The number of carbonyl (C=O) groups is 4. The summed E-state index contributed by atoms with van der Waals surface area (Å²) in [5, 5.41) is 2.14. The van der Waals surface area contributed by atoms with Crippen molar-refractivity contribution < 1.29 is 19.2 Å². The lowest BCUT2D eigenvalue weighted by Crippen LogP contribution is -2.46. The third-order valence-electron chi connectivity index (χ3n) is 3.76. The molecule has 1 heterocycles. The first-order valence-electron chi connectivity index (χ1n) is 8.15. The molecule has 1 aliphatic rings. The third kappa shape index (κ3) is 4.98. The fraction of sp³-hybridized carbons (Fsp3) is 0.412. The molecule has 140 valence electrons. The zero-order chi connectivity index (χ0) is 19.3. The Kier molecular flexibility index (Phi) is 6.25. The van der Waals surface area contributed by atoms with Gasteiger partial charge in [-0.2, -0.15) is 0 Å². The van der Waals surface area contributed by atoms with Gasteiger partial charge in [0.1, 0.15) is 5.54 Å². The van der Waals surface area contributed by atoms with Crippen LogP contribution in [-0.4, -0.2) is 46.0 Å². The summed E-state index contributed by atoms with van der Waals surface area (Å²) in [6.07, 6.45) is -0.101. The first-order chi connectivity index (χ1) is 12.2. The van der Waals surface area contributed by atoms with Gasteiger partial charge >= 0.3 is 6.03 Å². The van der Waals surface area contributed by atoms with Crippen molar-refractivity contribution in [2.45, 2.75) is 42.9 Å². The van der Waals surface area contributed by atoms with Crippen LogP contribution in [0.2, 0.25) is 0 Å². The Morgan fingerprint density at radius 1 is 1.19 bits per heavy atom. The van der Waals surface area contributed by atoms with Crippen molar-refractivity contribution in [3.8, 4) is 0 Å². The van der Waals surface area contributed by atoms with Crippen molar-refractivity contribution >= 4 is 35.5 Å². The topological polar surface area (TPSA) is 108 Å². The molecule has 2 rings (SSSR count). The smallest absolute Gasteiger partial charge is 0.324 e. The molecule has 0 radical (unpaired) electrons. The number of carbonyl (C=O) groups excluding carboxylic acids is 4. The van der Waals surface area contributed by atoms with E-state index in [0.29, 0.717) is 0 Å². The maximum atomic E-state index is 12.0.